The molecule has 1 aliphatic rings. The van der Waals surface area contributed by atoms with Gasteiger partial charge in [-0.15, -0.1) is 0 Å². The maximum Gasteiger partial charge on any atom is 0.416 e. The van der Waals surface area contributed by atoms with Gasteiger partial charge in [0.2, 0.25) is 0 Å². The lowest BCUT2D eigenvalue weighted by atomic mass is 10.1. The maximum atomic E-state index is 13.1. The zero-order valence-electron chi connectivity index (χ0n) is 18.1. The minimum Gasteiger partial charge on any atom is -0.328 e. The summed E-state index contributed by atoms with van der Waals surface area (Å²) in [5, 5.41) is 4.81. The van der Waals surface area contributed by atoms with Gasteiger partial charge in [-0.3, -0.25) is 4.79 Å². The summed E-state index contributed by atoms with van der Waals surface area (Å²) in [6.07, 6.45) is -0.679. The van der Waals surface area contributed by atoms with Gasteiger partial charge in [0.15, 0.2) is 0 Å². The molecule has 4 aromatic rings. The van der Waals surface area contributed by atoms with E-state index in [0.717, 1.165) is 46.0 Å². The smallest absolute Gasteiger partial charge is 0.328 e. The predicted molar refractivity (Wildman–Crippen MR) is 117 cm³/mol. The van der Waals surface area contributed by atoms with Gasteiger partial charge in [0.05, 0.1) is 30.0 Å². The fourth-order valence-electron chi connectivity index (χ4n) is 4.31. The first kappa shape index (κ1) is 21.1. The summed E-state index contributed by atoms with van der Waals surface area (Å²) in [6, 6.07) is 14.5. The number of rotatable bonds is 3. The molecule has 2 aromatic carbocycles. The van der Waals surface area contributed by atoms with E-state index in [1.807, 2.05) is 59.8 Å². The molecular weight excluding hydrogens is 429 g/mol. The predicted octanol–water partition coefficient (Wildman–Crippen LogP) is 5.45. The van der Waals surface area contributed by atoms with Crippen LogP contribution in [0.4, 0.5) is 13.2 Å². The number of aryl methyl sites for hydroxylation is 2. The van der Waals surface area contributed by atoms with Gasteiger partial charge >= 0.3 is 6.18 Å². The number of alkyl halides is 3. The van der Waals surface area contributed by atoms with E-state index in [-0.39, 0.29) is 18.7 Å². The van der Waals surface area contributed by atoms with Crippen molar-refractivity contribution < 1.29 is 18.0 Å². The Hall–Kier alpha value is -3.81. The van der Waals surface area contributed by atoms with Crippen LogP contribution in [0.5, 0.6) is 0 Å². The van der Waals surface area contributed by atoms with Gasteiger partial charge in [-0.25, -0.2) is 4.68 Å². The molecular formula is C25H21F3N4O. The highest BCUT2D eigenvalue weighted by Gasteiger charge is 2.34. The zero-order chi connectivity index (χ0) is 23.3. The first-order valence-electron chi connectivity index (χ1n) is 10.5. The number of nitrogens with zero attached hydrogens (tertiary/aromatic N) is 4. The highest BCUT2D eigenvalue weighted by Crippen LogP contribution is 2.33. The monoisotopic (exact) mass is 450 g/mol. The molecule has 2 aromatic heterocycles. The Kier molecular flexibility index (Phi) is 4.88. The van der Waals surface area contributed by atoms with Crippen molar-refractivity contribution in [2.24, 2.45) is 0 Å². The Labute approximate surface area is 188 Å². The third-order valence-corrected chi connectivity index (χ3v) is 5.88. The van der Waals surface area contributed by atoms with E-state index in [2.05, 4.69) is 6.07 Å². The molecule has 5 rings (SSSR count). The Morgan fingerprint density at radius 3 is 2.42 bits per heavy atom. The molecule has 0 bridgehead atoms. The SMILES string of the molecule is Cc1ccc(-n2nc3c(c2-n2cccc2)CN(C(=O)c2cccc(C(F)(F)F)c2)C3)c(C)c1. The Morgan fingerprint density at radius 1 is 0.970 bits per heavy atom. The van der Waals surface area contributed by atoms with Crippen molar-refractivity contribution in [2.45, 2.75) is 33.1 Å². The van der Waals surface area contributed by atoms with Crippen LogP contribution in [0, 0.1) is 13.8 Å². The normalized spacial score (nSPS) is 13.4. The summed E-state index contributed by atoms with van der Waals surface area (Å²) in [6.45, 7) is 4.56. The van der Waals surface area contributed by atoms with Crippen LogP contribution < -0.4 is 0 Å². The first-order chi connectivity index (χ1) is 15.7. The number of aromatic nitrogens is 3. The molecule has 3 heterocycles. The van der Waals surface area contributed by atoms with Crippen LogP contribution in [0.1, 0.15) is 38.3 Å². The van der Waals surface area contributed by atoms with Gasteiger partial charge in [0.1, 0.15) is 5.82 Å². The molecule has 0 radical (unpaired) electrons. The third kappa shape index (κ3) is 3.71. The van der Waals surface area contributed by atoms with Gasteiger partial charge in [-0.1, -0.05) is 23.8 Å². The van der Waals surface area contributed by atoms with Crippen molar-refractivity contribution >= 4 is 5.91 Å². The Morgan fingerprint density at radius 2 is 1.73 bits per heavy atom. The average molecular weight is 450 g/mol. The van der Waals surface area contributed by atoms with E-state index in [0.29, 0.717) is 0 Å². The maximum absolute atomic E-state index is 13.1. The number of halogens is 3. The molecule has 5 nitrogen and oxygen atoms in total. The van der Waals surface area contributed by atoms with Crippen LogP contribution in [-0.4, -0.2) is 25.2 Å². The highest BCUT2D eigenvalue weighted by atomic mass is 19.4. The van der Waals surface area contributed by atoms with Crippen LogP contribution >= 0.6 is 0 Å². The molecule has 0 saturated heterocycles. The summed E-state index contributed by atoms with van der Waals surface area (Å²) in [5.74, 6) is 0.372. The van der Waals surface area contributed by atoms with E-state index >= 15 is 0 Å². The quantitative estimate of drug-likeness (QED) is 0.416. The van der Waals surface area contributed by atoms with Gasteiger partial charge in [0, 0.05) is 23.5 Å². The Bertz CT molecular complexity index is 1350. The van der Waals surface area contributed by atoms with Crippen molar-refractivity contribution in [3.05, 3.63) is 101 Å². The van der Waals surface area contributed by atoms with Crippen LogP contribution in [0.15, 0.2) is 67.0 Å². The molecule has 0 saturated carbocycles. The minimum absolute atomic E-state index is 0.0137. The first-order valence-corrected chi connectivity index (χ1v) is 10.5. The summed E-state index contributed by atoms with van der Waals surface area (Å²) in [5.41, 5.74) is 3.95. The molecule has 168 valence electrons. The standard InChI is InChI=1S/C25H21F3N4O/c1-16-8-9-22(17(2)12-16)32-23(30-10-3-4-11-30)20-14-31(15-21(20)29-32)24(33)18-6-5-7-19(13-18)25(26,27)28/h3-13H,14-15H2,1-2H3. The second kappa shape index (κ2) is 7.65. The number of carbonyl (C=O) groups excluding carboxylic acids is 1. The molecule has 33 heavy (non-hydrogen) atoms. The molecule has 0 atom stereocenters. The number of hydrogen-bond acceptors (Lipinski definition) is 2. The van der Waals surface area contributed by atoms with Gasteiger partial charge in [0.25, 0.3) is 5.91 Å². The molecule has 1 aliphatic heterocycles. The van der Waals surface area contributed by atoms with Crippen LogP contribution in [0.25, 0.3) is 11.5 Å². The van der Waals surface area contributed by atoms with E-state index in [4.69, 9.17) is 5.10 Å². The lowest BCUT2D eigenvalue weighted by Crippen LogP contribution is -2.26. The van der Waals surface area contributed by atoms with E-state index in [9.17, 15) is 18.0 Å². The topological polar surface area (TPSA) is 43.1 Å². The van der Waals surface area contributed by atoms with Crippen molar-refractivity contribution in [1.29, 1.82) is 0 Å². The number of benzene rings is 2. The third-order valence-electron chi connectivity index (χ3n) is 5.88. The zero-order valence-corrected chi connectivity index (χ0v) is 18.1. The molecule has 1 amide bonds. The lowest BCUT2D eigenvalue weighted by molar-refractivity contribution is -0.137. The van der Waals surface area contributed by atoms with Crippen molar-refractivity contribution in [3.63, 3.8) is 0 Å². The van der Waals surface area contributed by atoms with Crippen molar-refractivity contribution in [2.75, 3.05) is 0 Å². The number of fused-ring (bicyclic) bond motifs is 1. The second-order valence-corrected chi connectivity index (χ2v) is 8.28. The molecule has 0 unspecified atom stereocenters. The number of amides is 1. The minimum atomic E-state index is -4.50. The van der Waals surface area contributed by atoms with Crippen LogP contribution in [0.2, 0.25) is 0 Å². The lowest BCUT2D eigenvalue weighted by Gasteiger charge is -2.19. The van der Waals surface area contributed by atoms with Gasteiger partial charge in [-0.05, 0) is 55.8 Å². The number of carbonyl (C=O) groups is 1. The summed E-state index contributed by atoms with van der Waals surface area (Å²) in [4.78, 5) is 14.6. The second-order valence-electron chi connectivity index (χ2n) is 8.28. The van der Waals surface area contributed by atoms with Crippen molar-refractivity contribution in [1.82, 2.24) is 19.2 Å². The van der Waals surface area contributed by atoms with E-state index < -0.39 is 17.6 Å². The average Bonchev–Trinajstić information content (AvgIpc) is 3.49. The van der Waals surface area contributed by atoms with Gasteiger partial charge < -0.3 is 9.47 Å². The summed E-state index contributed by atoms with van der Waals surface area (Å²) >= 11 is 0. The summed E-state index contributed by atoms with van der Waals surface area (Å²) < 4.78 is 43.1. The Balaban J connectivity index is 1.52. The highest BCUT2D eigenvalue weighted by molar-refractivity contribution is 5.94. The largest absolute Gasteiger partial charge is 0.416 e. The molecule has 0 spiro atoms. The fraction of sp³-hybridized carbons (Fsp3) is 0.200. The molecule has 0 N–H and O–H groups in total. The van der Waals surface area contributed by atoms with Gasteiger partial charge in [-0.2, -0.15) is 18.3 Å². The molecule has 0 aliphatic carbocycles. The molecule has 8 heteroatoms. The summed E-state index contributed by atoms with van der Waals surface area (Å²) in [7, 11) is 0. The van der Waals surface area contributed by atoms with E-state index in [1.54, 1.807) is 0 Å². The van der Waals surface area contributed by atoms with Crippen LogP contribution in [-0.2, 0) is 19.3 Å². The number of hydrogen-bond donors (Lipinski definition) is 0. The van der Waals surface area contributed by atoms with Crippen molar-refractivity contribution in [3.8, 4) is 11.5 Å². The fourth-order valence-corrected chi connectivity index (χ4v) is 4.31. The molecule has 0 fully saturated rings. The van der Waals surface area contributed by atoms with E-state index in [1.165, 1.54) is 17.0 Å². The van der Waals surface area contributed by atoms with Crippen LogP contribution in [0.3, 0.4) is 0 Å².